The molecule has 2 atom stereocenters. The van der Waals surface area contributed by atoms with Crippen molar-refractivity contribution in [2.75, 3.05) is 13.1 Å². The second kappa shape index (κ2) is 5.90. The number of H-pyrrole nitrogens is 1. The van der Waals surface area contributed by atoms with Crippen LogP contribution in [0.2, 0.25) is 0 Å². The summed E-state index contributed by atoms with van der Waals surface area (Å²) < 4.78 is 1.48. The number of carbonyl (C=O) groups is 2. The fourth-order valence-corrected chi connectivity index (χ4v) is 4.03. The average Bonchev–Trinajstić information content (AvgIpc) is 2.91. The number of benzene rings is 1. The van der Waals surface area contributed by atoms with Gasteiger partial charge >= 0.3 is 0 Å². The molecule has 0 spiro atoms. The number of hydrogen-bond donors (Lipinski definition) is 2. The van der Waals surface area contributed by atoms with Gasteiger partial charge in [0.15, 0.2) is 0 Å². The first kappa shape index (κ1) is 16.0. The molecular formula is C18H18N6O3. The van der Waals surface area contributed by atoms with E-state index in [-0.39, 0.29) is 40.9 Å². The predicted molar refractivity (Wildman–Crippen MR) is 96.3 cm³/mol. The Balaban J connectivity index is 1.55. The number of fused-ring (bicyclic) bond motifs is 6. The highest BCUT2D eigenvalue weighted by atomic mass is 16.2. The zero-order chi connectivity index (χ0) is 18.5. The number of hydrogen-bond acceptors (Lipinski definition) is 5. The Morgan fingerprint density at radius 3 is 2.89 bits per heavy atom. The van der Waals surface area contributed by atoms with Crippen LogP contribution < -0.4 is 10.9 Å². The molecule has 4 heterocycles. The molecule has 2 unspecified atom stereocenters. The molecule has 138 valence electrons. The van der Waals surface area contributed by atoms with Crippen LogP contribution >= 0.6 is 0 Å². The van der Waals surface area contributed by atoms with Crippen molar-refractivity contribution in [3.63, 3.8) is 0 Å². The summed E-state index contributed by atoms with van der Waals surface area (Å²) in [5, 5.41) is 7.83. The van der Waals surface area contributed by atoms with Gasteiger partial charge in [0.25, 0.3) is 11.5 Å². The molecule has 0 saturated carbocycles. The molecule has 2 aliphatic heterocycles. The number of carbonyl (C=O) groups excluding carboxylic acids is 2. The summed E-state index contributed by atoms with van der Waals surface area (Å²) in [6.07, 6.45) is 2.63. The van der Waals surface area contributed by atoms with E-state index in [4.69, 9.17) is 0 Å². The summed E-state index contributed by atoms with van der Waals surface area (Å²) in [7, 11) is 0. The standard InChI is InChI=1S/C18H18N6O3/c25-15-10-4-3-5-11(19-15)9-23(8-10)17(27)14-20-18-21-16(26)12-6-1-2-7-13(12)24(18)22-14/h1-2,6-7,10-11H,3-5,8-9H2,(H,19,25)(H,20,21,22,26). The Hall–Kier alpha value is -3.23. The highest BCUT2D eigenvalue weighted by molar-refractivity contribution is 5.92. The summed E-state index contributed by atoms with van der Waals surface area (Å²) in [6.45, 7) is 0.821. The lowest BCUT2D eigenvalue weighted by atomic mass is 9.99. The molecule has 2 amide bonds. The van der Waals surface area contributed by atoms with Crippen LogP contribution in [0.1, 0.15) is 29.9 Å². The third-order valence-electron chi connectivity index (χ3n) is 5.39. The third kappa shape index (κ3) is 2.57. The van der Waals surface area contributed by atoms with Crippen LogP contribution in [0.3, 0.4) is 0 Å². The smallest absolute Gasteiger partial charge is 0.293 e. The van der Waals surface area contributed by atoms with E-state index in [0.29, 0.717) is 24.0 Å². The second-order valence-corrected chi connectivity index (χ2v) is 7.19. The maximum atomic E-state index is 13.0. The zero-order valence-electron chi connectivity index (χ0n) is 14.5. The minimum atomic E-state index is -0.322. The molecule has 2 aliphatic rings. The quantitative estimate of drug-likeness (QED) is 0.644. The Morgan fingerprint density at radius 2 is 2.00 bits per heavy atom. The van der Waals surface area contributed by atoms with E-state index in [0.717, 1.165) is 19.3 Å². The van der Waals surface area contributed by atoms with E-state index >= 15 is 0 Å². The molecule has 9 heteroatoms. The lowest BCUT2D eigenvalue weighted by Gasteiger charge is -2.26. The van der Waals surface area contributed by atoms with Gasteiger partial charge in [-0.05, 0) is 25.0 Å². The van der Waals surface area contributed by atoms with Crippen molar-refractivity contribution in [3.8, 4) is 0 Å². The average molecular weight is 366 g/mol. The predicted octanol–water partition coefficient (Wildman–Crippen LogP) is 0.311. The molecule has 2 aromatic heterocycles. The molecule has 2 bridgehead atoms. The maximum Gasteiger partial charge on any atom is 0.293 e. The van der Waals surface area contributed by atoms with Crippen molar-refractivity contribution in [3.05, 3.63) is 40.4 Å². The molecule has 0 aliphatic carbocycles. The van der Waals surface area contributed by atoms with Crippen molar-refractivity contribution < 1.29 is 9.59 Å². The summed E-state index contributed by atoms with van der Waals surface area (Å²) >= 11 is 0. The lowest BCUT2D eigenvalue weighted by molar-refractivity contribution is -0.124. The van der Waals surface area contributed by atoms with Crippen molar-refractivity contribution in [2.45, 2.75) is 25.3 Å². The summed E-state index contributed by atoms with van der Waals surface area (Å²) in [6, 6.07) is 7.00. The van der Waals surface area contributed by atoms with Crippen LogP contribution in [0, 0.1) is 5.92 Å². The topological polar surface area (TPSA) is 112 Å². The van der Waals surface area contributed by atoms with Crippen LogP contribution in [0.15, 0.2) is 29.1 Å². The minimum absolute atomic E-state index is 0.0195. The highest BCUT2D eigenvalue weighted by Crippen LogP contribution is 2.23. The molecule has 1 aromatic carbocycles. The Kier molecular flexibility index (Phi) is 3.49. The van der Waals surface area contributed by atoms with Gasteiger partial charge in [0.1, 0.15) is 0 Å². The number of para-hydroxylation sites is 1. The van der Waals surface area contributed by atoms with Crippen LogP contribution in [-0.4, -0.2) is 55.4 Å². The molecule has 27 heavy (non-hydrogen) atoms. The Bertz CT molecular complexity index is 1130. The minimum Gasteiger partial charge on any atom is -0.351 e. The molecular weight excluding hydrogens is 348 g/mol. The van der Waals surface area contributed by atoms with Gasteiger partial charge in [-0.1, -0.05) is 18.6 Å². The van der Waals surface area contributed by atoms with E-state index in [2.05, 4.69) is 20.4 Å². The van der Waals surface area contributed by atoms with Crippen LogP contribution in [0.5, 0.6) is 0 Å². The Labute approximate surface area is 153 Å². The van der Waals surface area contributed by atoms with E-state index in [1.54, 1.807) is 29.2 Å². The summed E-state index contributed by atoms with van der Waals surface area (Å²) in [5.74, 6) is -0.247. The third-order valence-corrected chi connectivity index (χ3v) is 5.39. The first-order valence-corrected chi connectivity index (χ1v) is 9.07. The first-order chi connectivity index (χ1) is 13.1. The van der Waals surface area contributed by atoms with Gasteiger partial charge in [-0.15, -0.1) is 5.10 Å². The van der Waals surface area contributed by atoms with E-state index in [1.807, 2.05) is 0 Å². The van der Waals surface area contributed by atoms with Gasteiger partial charge < -0.3 is 10.2 Å². The van der Waals surface area contributed by atoms with Crippen molar-refractivity contribution in [1.29, 1.82) is 0 Å². The normalized spacial score (nSPS) is 22.7. The fraction of sp³-hybridized carbons (Fsp3) is 0.389. The van der Waals surface area contributed by atoms with Crippen LogP contribution in [-0.2, 0) is 4.79 Å². The van der Waals surface area contributed by atoms with Gasteiger partial charge in [0, 0.05) is 19.1 Å². The molecule has 2 saturated heterocycles. The summed E-state index contributed by atoms with van der Waals surface area (Å²) in [4.78, 5) is 46.0. The van der Waals surface area contributed by atoms with Gasteiger partial charge in [-0.25, -0.2) is 0 Å². The van der Waals surface area contributed by atoms with Gasteiger partial charge in [0.2, 0.25) is 17.5 Å². The highest BCUT2D eigenvalue weighted by Gasteiger charge is 2.35. The molecule has 3 aromatic rings. The number of nitrogens with zero attached hydrogens (tertiary/aromatic N) is 4. The van der Waals surface area contributed by atoms with E-state index in [1.165, 1.54) is 4.52 Å². The van der Waals surface area contributed by atoms with Crippen LogP contribution in [0.4, 0.5) is 0 Å². The Morgan fingerprint density at radius 1 is 1.15 bits per heavy atom. The SMILES string of the molecule is O=C1NC2CCCC1CN(C(=O)c1nc3[nH]c(=O)c4ccccc4n3n1)C2. The molecule has 0 radical (unpaired) electrons. The van der Waals surface area contributed by atoms with E-state index < -0.39 is 0 Å². The number of nitrogens with one attached hydrogen (secondary N) is 2. The van der Waals surface area contributed by atoms with Gasteiger partial charge in [-0.3, -0.25) is 19.4 Å². The summed E-state index contributed by atoms with van der Waals surface area (Å²) in [5.41, 5.74) is 0.316. The second-order valence-electron chi connectivity index (χ2n) is 7.19. The van der Waals surface area contributed by atoms with Crippen molar-refractivity contribution in [2.24, 2.45) is 5.92 Å². The molecule has 5 rings (SSSR count). The fourth-order valence-electron chi connectivity index (χ4n) is 4.03. The maximum absolute atomic E-state index is 13.0. The van der Waals surface area contributed by atoms with Crippen LogP contribution in [0.25, 0.3) is 16.7 Å². The van der Waals surface area contributed by atoms with Gasteiger partial charge in [-0.2, -0.15) is 9.50 Å². The number of amides is 2. The number of likely N-dealkylation sites (tertiary alicyclic amines) is 1. The lowest BCUT2D eigenvalue weighted by Crippen LogP contribution is -2.42. The van der Waals surface area contributed by atoms with Crippen molar-refractivity contribution >= 4 is 28.5 Å². The van der Waals surface area contributed by atoms with Gasteiger partial charge in [0.05, 0.1) is 16.8 Å². The van der Waals surface area contributed by atoms with E-state index in [9.17, 15) is 14.4 Å². The largest absolute Gasteiger partial charge is 0.351 e. The first-order valence-electron chi connectivity index (χ1n) is 9.07. The zero-order valence-corrected chi connectivity index (χ0v) is 14.5. The molecule has 9 nitrogen and oxygen atoms in total. The molecule has 2 N–H and O–H groups in total. The molecule has 2 fully saturated rings. The monoisotopic (exact) mass is 366 g/mol. The number of aromatic amines is 1. The number of rotatable bonds is 1. The van der Waals surface area contributed by atoms with Crippen molar-refractivity contribution in [1.82, 2.24) is 29.8 Å². The number of aromatic nitrogens is 4.